The Morgan fingerprint density at radius 3 is 2.49 bits per heavy atom. The number of carbonyl (C=O) groups excluding carboxylic acids is 1. The van der Waals surface area contributed by atoms with Gasteiger partial charge in [0.05, 0.1) is 36.8 Å². The number of benzene rings is 2. The summed E-state index contributed by atoms with van der Waals surface area (Å²) in [6.45, 7) is 14.1. The lowest BCUT2D eigenvalue weighted by Gasteiger charge is -2.33. The largest absolute Gasteiger partial charge is 0.492 e. The molecule has 1 aliphatic carbocycles. The van der Waals surface area contributed by atoms with Gasteiger partial charge in [0.25, 0.3) is 6.47 Å². The average Bonchev–Trinajstić information content (AvgIpc) is 3.85. The molecule has 2 saturated heterocycles. The molecule has 0 radical (unpaired) electrons. The molecule has 3 aliphatic rings. The number of hydrogen-bond acceptors (Lipinski definition) is 10. The van der Waals surface area contributed by atoms with Crippen molar-refractivity contribution in [2.45, 2.75) is 90.8 Å². The van der Waals surface area contributed by atoms with Gasteiger partial charge in [-0.1, -0.05) is 58.5 Å². The normalized spacial score (nSPS) is 19.4. The van der Waals surface area contributed by atoms with Gasteiger partial charge >= 0.3 is 6.03 Å². The standard InChI is InChI=1S/C42H53N9O4.CH2O2.CH4/c1-29-10-7-8-19-49(29)41-46-45-38-18-15-32(28-50(38)41)55-36-17-16-35(33-13-5-6-14-34(33)36)43-40(52)44-39-27-37(42(2,3)4)47-51(39)30-11-9-12-31(26-30)54-25-22-48-20-23-53-24-21-48;2-1-3;/h5-6,9,11-15,18,26-29,35-36H,7-8,10,16-17,19-25H2,1-4H3,(H2,43,44,52);1H,(H,2,3);1H4/t29-,35-,36+;;/m0../s1. The number of ether oxygens (including phenoxy) is 3. The molecule has 0 bridgehead atoms. The highest BCUT2D eigenvalue weighted by atomic mass is 16.5. The number of urea groups is 1. The number of fused-ring (bicyclic) bond motifs is 2. The summed E-state index contributed by atoms with van der Waals surface area (Å²) in [5, 5.41) is 27.2. The molecule has 3 atom stereocenters. The monoisotopic (exact) mass is 809 g/mol. The average molecular weight is 810 g/mol. The van der Waals surface area contributed by atoms with Gasteiger partial charge in [0, 0.05) is 49.8 Å². The molecule has 5 heterocycles. The fraction of sp³-hybridized carbons (Fsp3) is 0.477. The van der Waals surface area contributed by atoms with Gasteiger partial charge in [0.2, 0.25) is 5.95 Å². The lowest BCUT2D eigenvalue weighted by molar-refractivity contribution is -0.122. The van der Waals surface area contributed by atoms with Crippen LogP contribution in [-0.2, 0) is 14.9 Å². The van der Waals surface area contributed by atoms with Crippen LogP contribution in [0.5, 0.6) is 11.5 Å². The second-order valence-electron chi connectivity index (χ2n) is 16.1. The zero-order valence-corrected chi connectivity index (χ0v) is 33.8. The molecule has 0 spiro atoms. The number of anilines is 2. The Hall–Kier alpha value is -5.67. The van der Waals surface area contributed by atoms with Crippen molar-refractivity contribution in [1.29, 1.82) is 0 Å². The lowest BCUT2D eigenvalue weighted by Crippen LogP contribution is -2.38. The predicted molar refractivity (Wildman–Crippen MR) is 228 cm³/mol. The zero-order valence-electron chi connectivity index (χ0n) is 33.8. The minimum Gasteiger partial charge on any atom is -0.492 e. The van der Waals surface area contributed by atoms with Crippen LogP contribution >= 0.6 is 0 Å². The lowest BCUT2D eigenvalue weighted by atomic mass is 9.85. The van der Waals surface area contributed by atoms with E-state index in [0.29, 0.717) is 18.5 Å². The first kappa shape index (κ1) is 42.9. The minimum absolute atomic E-state index is 0. The molecular formula is C44H59N9O6. The maximum Gasteiger partial charge on any atom is 0.320 e. The van der Waals surface area contributed by atoms with Gasteiger partial charge in [-0.3, -0.25) is 19.4 Å². The van der Waals surface area contributed by atoms with Crippen LogP contribution in [0.25, 0.3) is 11.3 Å². The Kier molecular flexibility index (Phi) is 14.1. The van der Waals surface area contributed by atoms with Gasteiger partial charge in [-0.15, -0.1) is 10.2 Å². The summed E-state index contributed by atoms with van der Waals surface area (Å²) in [5.41, 5.74) is 4.36. The first-order valence-electron chi connectivity index (χ1n) is 20.3. The molecule has 2 fully saturated rings. The number of hydrogen-bond donors (Lipinski definition) is 3. The number of morpholine rings is 1. The van der Waals surface area contributed by atoms with E-state index in [1.165, 1.54) is 6.42 Å². The van der Waals surface area contributed by atoms with Crippen LogP contribution < -0.4 is 25.0 Å². The van der Waals surface area contributed by atoms with Gasteiger partial charge < -0.3 is 29.5 Å². The van der Waals surface area contributed by atoms with Crippen LogP contribution in [0.15, 0.2) is 72.9 Å². The number of carboxylic acid groups (broad SMARTS) is 1. The van der Waals surface area contributed by atoms with Crippen LogP contribution in [0.4, 0.5) is 16.6 Å². The highest BCUT2D eigenvalue weighted by Gasteiger charge is 2.31. The third-order valence-electron chi connectivity index (χ3n) is 11.0. The smallest absolute Gasteiger partial charge is 0.320 e. The van der Waals surface area contributed by atoms with Crippen molar-refractivity contribution >= 4 is 29.9 Å². The van der Waals surface area contributed by atoms with Crippen molar-refractivity contribution in [3.8, 4) is 17.2 Å². The molecule has 15 nitrogen and oxygen atoms in total. The first-order valence-corrected chi connectivity index (χ1v) is 20.3. The summed E-state index contributed by atoms with van der Waals surface area (Å²) >= 11 is 0. The number of amides is 2. The van der Waals surface area contributed by atoms with Gasteiger partial charge in [-0.05, 0) is 74.4 Å². The Morgan fingerprint density at radius 1 is 0.949 bits per heavy atom. The minimum atomic E-state index is -0.295. The molecule has 15 heteroatoms. The van der Waals surface area contributed by atoms with E-state index in [2.05, 4.69) is 70.5 Å². The van der Waals surface area contributed by atoms with E-state index in [4.69, 9.17) is 29.2 Å². The summed E-state index contributed by atoms with van der Waals surface area (Å²) < 4.78 is 22.1. The SMILES string of the molecule is C.C[C@H]1CCCCN1c1nnc2ccc(O[C@@H]3CC[C@H](NC(=O)Nc4cc(C(C)(C)C)nn4-c4cccc(OCCN5CCOCC5)c4)c4ccccc43)cn12.O=CO. The second-order valence-corrected chi connectivity index (χ2v) is 16.1. The number of nitrogens with one attached hydrogen (secondary N) is 2. The fourth-order valence-corrected chi connectivity index (χ4v) is 7.87. The third kappa shape index (κ3) is 10.3. The first-order chi connectivity index (χ1) is 28.1. The Labute approximate surface area is 346 Å². The summed E-state index contributed by atoms with van der Waals surface area (Å²) in [6, 6.07) is 21.9. The van der Waals surface area contributed by atoms with E-state index in [1.807, 2.05) is 65.2 Å². The molecule has 3 N–H and O–H groups in total. The van der Waals surface area contributed by atoms with Crippen molar-refractivity contribution in [2.24, 2.45) is 0 Å². The maximum absolute atomic E-state index is 13.8. The summed E-state index contributed by atoms with van der Waals surface area (Å²) in [6.07, 6.45) is 6.85. The molecule has 2 aromatic carbocycles. The van der Waals surface area contributed by atoms with Crippen LogP contribution in [0.1, 0.15) is 96.2 Å². The summed E-state index contributed by atoms with van der Waals surface area (Å²) in [5.74, 6) is 2.96. The summed E-state index contributed by atoms with van der Waals surface area (Å²) in [7, 11) is 0. The van der Waals surface area contributed by atoms with E-state index >= 15 is 0 Å². The molecule has 2 amide bonds. The third-order valence-corrected chi connectivity index (χ3v) is 11.0. The molecule has 316 valence electrons. The van der Waals surface area contributed by atoms with E-state index in [9.17, 15) is 4.79 Å². The van der Waals surface area contributed by atoms with Gasteiger partial charge in [0.1, 0.15) is 30.0 Å². The molecule has 2 aliphatic heterocycles. The van der Waals surface area contributed by atoms with Crippen LogP contribution in [0.2, 0.25) is 0 Å². The van der Waals surface area contributed by atoms with E-state index < -0.39 is 0 Å². The number of aromatic nitrogens is 5. The van der Waals surface area contributed by atoms with Crippen molar-refractivity contribution < 1.29 is 28.9 Å². The van der Waals surface area contributed by atoms with Crippen LogP contribution in [-0.4, -0.2) is 98.9 Å². The molecule has 8 rings (SSSR count). The second kappa shape index (κ2) is 19.4. The number of pyridine rings is 1. The number of piperidine rings is 1. The molecular weight excluding hydrogens is 751 g/mol. The Bertz CT molecular complexity index is 2160. The topological polar surface area (TPSA) is 161 Å². The highest BCUT2D eigenvalue weighted by Crippen LogP contribution is 2.39. The number of carbonyl (C=O) groups is 2. The van der Waals surface area contributed by atoms with E-state index in [-0.39, 0.29) is 37.5 Å². The van der Waals surface area contributed by atoms with Gasteiger partial charge in [-0.2, -0.15) is 5.10 Å². The molecule has 5 aromatic rings. The van der Waals surface area contributed by atoms with Crippen molar-refractivity contribution in [3.63, 3.8) is 0 Å². The Morgan fingerprint density at radius 2 is 1.73 bits per heavy atom. The maximum atomic E-state index is 13.8. The van der Waals surface area contributed by atoms with Crippen LogP contribution in [0, 0.1) is 0 Å². The molecule has 3 aromatic heterocycles. The molecule has 0 unspecified atom stereocenters. The number of nitrogens with zero attached hydrogens (tertiary/aromatic N) is 7. The van der Waals surface area contributed by atoms with Crippen LogP contribution in [0.3, 0.4) is 0 Å². The van der Waals surface area contributed by atoms with E-state index in [1.54, 1.807) is 4.68 Å². The summed E-state index contributed by atoms with van der Waals surface area (Å²) in [4.78, 5) is 26.9. The van der Waals surface area contributed by atoms with Gasteiger partial charge in [-0.25, -0.2) is 9.48 Å². The zero-order chi connectivity index (χ0) is 40.6. The van der Waals surface area contributed by atoms with Crippen molar-refractivity contribution in [1.82, 2.24) is 34.6 Å². The molecule has 59 heavy (non-hydrogen) atoms. The highest BCUT2D eigenvalue weighted by molar-refractivity contribution is 5.89. The van der Waals surface area contributed by atoms with Gasteiger partial charge in [0.15, 0.2) is 5.65 Å². The van der Waals surface area contributed by atoms with E-state index in [0.717, 1.165) is 111 Å². The Balaban J connectivity index is 0.00000142. The quantitative estimate of drug-likeness (QED) is 0.121. The molecule has 0 saturated carbocycles. The fourth-order valence-electron chi connectivity index (χ4n) is 7.87. The van der Waals surface area contributed by atoms with Crippen molar-refractivity contribution in [2.75, 3.05) is 56.2 Å². The van der Waals surface area contributed by atoms with Crippen molar-refractivity contribution in [3.05, 3.63) is 89.7 Å². The number of rotatable bonds is 10. The predicted octanol–water partition coefficient (Wildman–Crippen LogP) is 7.42.